The summed E-state index contributed by atoms with van der Waals surface area (Å²) in [5.74, 6) is 1.18. The summed E-state index contributed by atoms with van der Waals surface area (Å²) in [6.45, 7) is 0. The summed E-state index contributed by atoms with van der Waals surface area (Å²) in [6.07, 6.45) is 13.8. The average molecular weight is 331 g/mol. The van der Waals surface area contributed by atoms with Crippen molar-refractivity contribution in [1.29, 1.82) is 5.26 Å². The van der Waals surface area contributed by atoms with Crippen LogP contribution < -0.4 is 0 Å². The zero-order valence-corrected chi connectivity index (χ0v) is 14.3. The van der Waals surface area contributed by atoms with Gasteiger partial charge >= 0.3 is 0 Å². The number of nitrogens with zero attached hydrogens (tertiary/aromatic N) is 1. The molecule has 0 saturated heterocycles. The Labute approximate surface area is 144 Å². The monoisotopic (exact) mass is 331 g/mol. The Bertz CT molecular complexity index is 566. The second kappa shape index (κ2) is 10.2. The fourth-order valence-corrected chi connectivity index (χ4v) is 3.74. The van der Waals surface area contributed by atoms with Gasteiger partial charge in [-0.25, -0.2) is 8.78 Å². The summed E-state index contributed by atoms with van der Waals surface area (Å²) >= 11 is 0. The minimum absolute atomic E-state index is 0.126. The van der Waals surface area contributed by atoms with E-state index in [4.69, 9.17) is 5.26 Å². The number of halogens is 2. The number of rotatable bonds is 8. The summed E-state index contributed by atoms with van der Waals surface area (Å²) < 4.78 is 25.5. The molecule has 1 aliphatic rings. The lowest BCUT2D eigenvalue weighted by molar-refractivity contribution is 0.249. The zero-order chi connectivity index (χ0) is 17.2. The number of aryl methyl sites for hydroxylation is 1. The van der Waals surface area contributed by atoms with Gasteiger partial charge in [0.1, 0.15) is 11.9 Å². The third-order valence-corrected chi connectivity index (χ3v) is 5.28. The minimum Gasteiger partial charge on any atom is -0.216 e. The number of nitriles is 1. The number of hydrogen-bond acceptors (Lipinski definition) is 1. The van der Waals surface area contributed by atoms with Gasteiger partial charge in [-0.1, -0.05) is 50.7 Å². The second-order valence-corrected chi connectivity index (χ2v) is 7.00. The number of hydrogen-bond donors (Lipinski definition) is 0. The van der Waals surface area contributed by atoms with Crippen LogP contribution in [0.3, 0.4) is 0 Å². The maximum atomic E-state index is 13.6. The van der Waals surface area contributed by atoms with Gasteiger partial charge < -0.3 is 0 Å². The minimum atomic E-state index is -0.402. The Kier molecular flexibility index (Phi) is 7.95. The first kappa shape index (κ1) is 18.6. The third kappa shape index (κ3) is 6.07. The van der Waals surface area contributed by atoms with Crippen molar-refractivity contribution in [2.75, 3.05) is 0 Å². The van der Waals surface area contributed by atoms with E-state index in [0.29, 0.717) is 6.33 Å². The van der Waals surface area contributed by atoms with Crippen LogP contribution in [0.5, 0.6) is 0 Å². The molecule has 1 fully saturated rings. The van der Waals surface area contributed by atoms with E-state index < -0.39 is 5.82 Å². The SMILES string of the molecule is N#Cc1ccc(CCC2CCC(CCCC/C=C/F)CC2)cc1F. The molecule has 0 spiro atoms. The normalized spacial score (nSPS) is 21.0. The van der Waals surface area contributed by atoms with E-state index in [1.54, 1.807) is 12.1 Å². The van der Waals surface area contributed by atoms with Crippen LogP contribution in [0.2, 0.25) is 0 Å². The Morgan fingerprint density at radius 2 is 1.79 bits per heavy atom. The molecule has 0 amide bonds. The first-order chi connectivity index (χ1) is 11.7. The smallest absolute Gasteiger partial charge is 0.141 e. The van der Waals surface area contributed by atoms with Crippen LogP contribution in [0.25, 0.3) is 0 Å². The molecule has 24 heavy (non-hydrogen) atoms. The van der Waals surface area contributed by atoms with Gasteiger partial charge in [0.2, 0.25) is 0 Å². The largest absolute Gasteiger partial charge is 0.216 e. The molecule has 3 heteroatoms. The number of unbranched alkanes of at least 4 members (excludes halogenated alkanes) is 2. The van der Waals surface area contributed by atoms with Crippen LogP contribution in [-0.2, 0) is 6.42 Å². The van der Waals surface area contributed by atoms with Crippen molar-refractivity contribution < 1.29 is 8.78 Å². The predicted molar refractivity (Wildman–Crippen MR) is 93.6 cm³/mol. The van der Waals surface area contributed by atoms with E-state index in [2.05, 4.69) is 0 Å². The predicted octanol–water partition coefficient (Wildman–Crippen LogP) is 6.48. The van der Waals surface area contributed by atoms with Crippen LogP contribution in [0, 0.1) is 29.0 Å². The molecule has 0 bridgehead atoms. The first-order valence-corrected chi connectivity index (χ1v) is 9.16. The summed E-state index contributed by atoms with van der Waals surface area (Å²) in [5.41, 5.74) is 1.12. The summed E-state index contributed by atoms with van der Waals surface area (Å²) in [6, 6.07) is 6.83. The molecular formula is C21H27F2N. The van der Waals surface area contributed by atoms with Gasteiger partial charge in [-0.15, -0.1) is 0 Å². The molecule has 0 radical (unpaired) electrons. The van der Waals surface area contributed by atoms with Crippen LogP contribution >= 0.6 is 0 Å². The molecule has 1 saturated carbocycles. The van der Waals surface area contributed by atoms with Gasteiger partial charge in [0.15, 0.2) is 0 Å². The Hall–Kier alpha value is -1.69. The summed E-state index contributed by atoms with van der Waals surface area (Å²) in [4.78, 5) is 0. The maximum Gasteiger partial charge on any atom is 0.141 e. The molecule has 1 aromatic rings. The zero-order valence-electron chi connectivity index (χ0n) is 14.3. The maximum absolute atomic E-state index is 13.6. The second-order valence-electron chi connectivity index (χ2n) is 7.00. The van der Waals surface area contributed by atoms with E-state index in [1.165, 1.54) is 44.6 Å². The van der Waals surface area contributed by atoms with Crippen molar-refractivity contribution in [2.45, 2.75) is 64.2 Å². The fraction of sp³-hybridized carbons (Fsp3) is 0.571. The van der Waals surface area contributed by atoms with Gasteiger partial charge in [0.25, 0.3) is 0 Å². The van der Waals surface area contributed by atoms with Crippen molar-refractivity contribution >= 4 is 0 Å². The van der Waals surface area contributed by atoms with Gasteiger partial charge in [-0.3, -0.25) is 0 Å². The van der Waals surface area contributed by atoms with Crippen molar-refractivity contribution in [3.05, 3.63) is 47.5 Å². The van der Waals surface area contributed by atoms with Gasteiger partial charge in [-0.2, -0.15) is 5.26 Å². The highest BCUT2D eigenvalue weighted by atomic mass is 19.1. The van der Waals surface area contributed by atoms with Crippen molar-refractivity contribution in [2.24, 2.45) is 11.8 Å². The van der Waals surface area contributed by atoms with Crippen molar-refractivity contribution in [3.63, 3.8) is 0 Å². The molecule has 0 heterocycles. The Morgan fingerprint density at radius 3 is 2.42 bits per heavy atom. The first-order valence-electron chi connectivity index (χ1n) is 9.16. The highest BCUT2D eigenvalue weighted by Gasteiger charge is 2.20. The van der Waals surface area contributed by atoms with Gasteiger partial charge in [0.05, 0.1) is 11.9 Å². The molecule has 1 aromatic carbocycles. The molecule has 2 rings (SSSR count). The molecule has 0 atom stereocenters. The molecular weight excluding hydrogens is 304 g/mol. The molecule has 130 valence electrons. The average Bonchev–Trinajstić information content (AvgIpc) is 2.61. The van der Waals surface area contributed by atoms with E-state index >= 15 is 0 Å². The number of allylic oxidation sites excluding steroid dienone is 1. The lowest BCUT2D eigenvalue weighted by atomic mass is 9.78. The van der Waals surface area contributed by atoms with E-state index in [1.807, 2.05) is 12.1 Å². The van der Waals surface area contributed by atoms with Crippen molar-refractivity contribution in [3.8, 4) is 6.07 Å². The third-order valence-electron chi connectivity index (χ3n) is 5.28. The quantitative estimate of drug-likeness (QED) is 0.500. The molecule has 1 nitrogen and oxygen atoms in total. The highest BCUT2D eigenvalue weighted by Crippen LogP contribution is 2.34. The van der Waals surface area contributed by atoms with Crippen LogP contribution in [-0.4, -0.2) is 0 Å². The fourth-order valence-electron chi connectivity index (χ4n) is 3.74. The Balaban J connectivity index is 1.64. The van der Waals surface area contributed by atoms with Crippen LogP contribution in [0.15, 0.2) is 30.6 Å². The van der Waals surface area contributed by atoms with Crippen LogP contribution in [0.1, 0.15) is 68.9 Å². The van der Waals surface area contributed by atoms with E-state index in [-0.39, 0.29) is 5.56 Å². The summed E-state index contributed by atoms with van der Waals surface area (Å²) in [5, 5.41) is 8.76. The highest BCUT2D eigenvalue weighted by molar-refractivity contribution is 5.33. The number of benzene rings is 1. The van der Waals surface area contributed by atoms with Gasteiger partial charge in [0, 0.05) is 0 Å². The topological polar surface area (TPSA) is 23.8 Å². The molecule has 0 unspecified atom stereocenters. The molecule has 1 aliphatic carbocycles. The lowest BCUT2D eigenvalue weighted by Crippen LogP contribution is -2.15. The molecule has 0 N–H and O–H groups in total. The van der Waals surface area contributed by atoms with E-state index in [9.17, 15) is 8.78 Å². The summed E-state index contributed by atoms with van der Waals surface area (Å²) in [7, 11) is 0. The molecule has 0 aromatic heterocycles. The standard InChI is InChI=1S/C21H27F2N/c22-14-4-2-1-3-5-17-6-8-18(9-7-17)10-11-19-12-13-20(16-24)21(23)15-19/h4,12-15,17-18H,1-3,5-11H2/b14-4+. The molecule has 0 aliphatic heterocycles. The van der Waals surface area contributed by atoms with E-state index in [0.717, 1.165) is 43.1 Å². The van der Waals surface area contributed by atoms with Gasteiger partial charge in [-0.05, 0) is 55.2 Å². The van der Waals surface area contributed by atoms with Crippen molar-refractivity contribution in [1.82, 2.24) is 0 Å². The lowest BCUT2D eigenvalue weighted by Gasteiger charge is -2.28. The van der Waals surface area contributed by atoms with Crippen LogP contribution in [0.4, 0.5) is 8.78 Å². The Morgan fingerprint density at radius 1 is 1.08 bits per heavy atom.